The van der Waals surface area contributed by atoms with Crippen molar-refractivity contribution in [2.75, 3.05) is 12.3 Å². The van der Waals surface area contributed by atoms with E-state index in [2.05, 4.69) is 10.3 Å². The Balaban J connectivity index is 1.79. The van der Waals surface area contributed by atoms with Gasteiger partial charge in [0, 0.05) is 33.7 Å². The number of nitrogens with zero attached hydrogens (tertiary/aromatic N) is 1. The van der Waals surface area contributed by atoms with Crippen LogP contribution in [0, 0.1) is 0 Å². The van der Waals surface area contributed by atoms with Crippen LogP contribution < -0.4 is 5.32 Å². The largest absolute Gasteiger partial charge is 0.313 e. The molecule has 0 unspecified atom stereocenters. The molecule has 1 saturated heterocycles. The maximum atomic E-state index is 11.9. The summed E-state index contributed by atoms with van der Waals surface area (Å²) >= 11 is 7.15. The summed E-state index contributed by atoms with van der Waals surface area (Å²) in [4.78, 5) is 4.96. The maximum Gasteiger partial charge on any atom is 0.183 e. The molecule has 6 heteroatoms. The normalized spacial score (nSPS) is 23.2. The van der Waals surface area contributed by atoms with E-state index in [1.807, 2.05) is 0 Å². The van der Waals surface area contributed by atoms with Crippen LogP contribution in [0.4, 0.5) is 0 Å². The molecule has 3 nitrogen and oxygen atoms in total. The summed E-state index contributed by atoms with van der Waals surface area (Å²) in [6, 6.07) is 0.429. The summed E-state index contributed by atoms with van der Waals surface area (Å²) in [5, 5.41) is 3.41. The Morgan fingerprint density at radius 3 is 3.12 bits per heavy atom. The summed E-state index contributed by atoms with van der Waals surface area (Å²) in [5.41, 5.74) is 0. The number of hydrogen-bond donors (Lipinski definition) is 1. The van der Waals surface area contributed by atoms with Crippen molar-refractivity contribution in [1.29, 1.82) is 0 Å². The van der Waals surface area contributed by atoms with Crippen LogP contribution in [-0.4, -0.2) is 27.5 Å². The van der Waals surface area contributed by atoms with E-state index in [0.29, 0.717) is 16.3 Å². The van der Waals surface area contributed by atoms with Gasteiger partial charge in [-0.3, -0.25) is 4.21 Å². The Morgan fingerprint density at radius 2 is 2.50 bits per heavy atom. The number of thiazole rings is 1. The second-order valence-electron chi connectivity index (χ2n) is 3.98. The predicted molar refractivity (Wildman–Crippen MR) is 69.5 cm³/mol. The highest BCUT2D eigenvalue weighted by Gasteiger charge is 2.16. The number of halogens is 1. The molecule has 0 bridgehead atoms. The third-order valence-electron chi connectivity index (χ3n) is 2.63. The minimum Gasteiger partial charge on any atom is -0.313 e. The van der Waals surface area contributed by atoms with E-state index < -0.39 is 10.8 Å². The number of hydrogen-bond acceptors (Lipinski definition) is 4. The molecule has 2 atom stereocenters. The van der Waals surface area contributed by atoms with Crippen molar-refractivity contribution >= 4 is 33.7 Å². The molecule has 1 aromatic heterocycles. The molecule has 1 aliphatic heterocycles. The molecule has 1 aliphatic rings. The van der Waals surface area contributed by atoms with Crippen molar-refractivity contribution in [3.8, 4) is 0 Å². The highest BCUT2D eigenvalue weighted by atomic mass is 35.5. The average Bonchev–Trinajstić information content (AvgIpc) is 2.65. The fourth-order valence-electron chi connectivity index (χ4n) is 1.86. The molecule has 2 heterocycles. The molecule has 1 N–H and O–H groups in total. The molecule has 1 aromatic rings. The number of piperidine rings is 1. The Hall–Kier alpha value is 0.0300. The molecule has 1 fully saturated rings. The molecule has 0 amide bonds. The van der Waals surface area contributed by atoms with Crippen LogP contribution in [0.15, 0.2) is 6.20 Å². The van der Waals surface area contributed by atoms with Crippen molar-refractivity contribution in [3.05, 3.63) is 15.5 Å². The van der Waals surface area contributed by atoms with Crippen molar-refractivity contribution in [3.63, 3.8) is 0 Å². The summed E-state index contributed by atoms with van der Waals surface area (Å²) in [6.45, 7) is 1.06. The van der Waals surface area contributed by atoms with Crippen LogP contribution >= 0.6 is 22.9 Å². The monoisotopic (exact) mass is 278 g/mol. The lowest BCUT2D eigenvalue weighted by Crippen LogP contribution is -2.38. The summed E-state index contributed by atoms with van der Waals surface area (Å²) < 4.78 is 12.4. The van der Waals surface area contributed by atoms with Gasteiger partial charge in [-0.15, -0.1) is 11.3 Å². The van der Waals surface area contributed by atoms with Gasteiger partial charge in [-0.05, 0) is 19.4 Å². The first-order valence-electron chi connectivity index (χ1n) is 5.42. The summed E-state index contributed by atoms with van der Waals surface area (Å²) in [5.74, 6) is 1.33. The molecular weight excluding hydrogens is 264 g/mol. The van der Waals surface area contributed by atoms with Gasteiger partial charge in [0.15, 0.2) is 4.47 Å². The zero-order chi connectivity index (χ0) is 11.4. The lowest BCUT2D eigenvalue weighted by Gasteiger charge is -2.22. The first-order chi connectivity index (χ1) is 7.74. The van der Waals surface area contributed by atoms with Crippen LogP contribution in [0.25, 0.3) is 0 Å². The Bertz CT molecular complexity index is 363. The van der Waals surface area contributed by atoms with Gasteiger partial charge in [0.05, 0.1) is 5.75 Å². The van der Waals surface area contributed by atoms with E-state index in [1.165, 1.54) is 24.2 Å². The van der Waals surface area contributed by atoms with Crippen LogP contribution in [0.1, 0.15) is 24.1 Å². The lowest BCUT2D eigenvalue weighted by atomic mass is 10.1. The van der Waals surface area contributed by atoms with Gasteiger partial charge in [-0.1, -0.05) is 18.0 Å². The highest BCUT2D eigenvalue weighted by Crippen LogP contribution is 2.19. The minimum atomic E-state index is -0.806. The lowest BCUT2D eigenvalue weighted by molar-refractivity contribution is 0.427. The summed E-state index contributed by atoms with van der Waals surface area (Å²) in [7, 11) is -0.806. The molecule has 90 valence electrons. The Labute approximate surface area is 107 Å². The Morgan fingerprint density at radius 1 is 1.62 bits per heavy atom. The predicted octanol–water partition coefficient (Wildman–Crippen LogP) is 2.19. The molecule has 16 heavy (non-hydrogen) atoms. The van der Waals surface area contributed by atoms with Crippen molar-refractivity contribution in [2.45, 2.75) is 31.1 Å². The maximum absolute atomic E-state index is 11.9. The smallest absolute Gasteiger partial charge is 0.183 e. The molecular formula is C10H15ClN2OS2. The van der Waals surface area contributed by atoms with Crippen LogP contribution in [0.5, 0.6) is 0 Å². The average molecular weight is 279 g/mol. The third-order valence-corrected chi connectivity index (χ3v) is 5.33. The SMILES string of the molecule is O=[S@@](Cc1cnc(Cl)s1)C[C@@H]1CCCCN1. The van der Waals surface area contributed by atoms with E-state index in [0.717, 1.165) is 23.6 Å². The zero-order valence-electron chi connectivity index (χ0n) is 8.95. The quantitative estimate of drug-likeness (QED) is 0.918. The van der Waals surface area contributed by atoms with Gasteiger partial charge >= 0.3 is 0 Å². The number of aromatic nitrogens is 1. The standard InChI is InChI=1S/C10H15ClN2OS2/c11-10-13-5-9(15-10)7-16(14)6-8-3-1-2-4-12-8/h5,8,12H,1-4,6-7H2/t8-,16+/m0/s1. The van der Waals surface area contributed by atoms with Crippen LogP contribution in [0.3, 0.4) is 0 Å². The topological polar surface area (TPSA) is 42.0 Å². The van der Waals surface area contributed by atoms with E-state index in [1.54, 1.807) is 6.20 Å². The van der Waals surface area contributed by atoms with Gasteiger partial charge < -0.3 is 5.32 Å². The third kappa shape index (κ3) is 3.80. The second-order valence-corrected chi connectivity index (χ2v) is 7.18. The van der Waals surface area contributed by atoms with E-state index in [-0.39, 0.29) is 0 Å². The fourth-order valence-corrected chi connectivity index (χ4v) is 4.50. The first-order valence-corrected chi connectivity index (χ1v) is 8.11. The molecule has 0 radical (unpaired) electrons. The van der Waals surface area contributed by atoms with Gasteiger partial charge in [-0.25, -0.2) is 4.98 Å². The number of rotatable bonds is 4. The zero-order valence-corrected chi connectivity index (χ0v) is 11.3. The van der Waals surface area contributed by atoms with Crippen LogP contribution in [0.2, 0.25) is 4.47 Å². The fraction of sp³-hybridized carbons (Fsp3) is 0.700. The number of nitrogens with one attached hydrogen (secondary N) is 1. The van der Waals surface area contributed by atoms with Gasteiger partial charge in [-0.2, -0.15) is 0 Å². The molecule has 0 spiro atoms. The first kappa shape index (κ1) is 12.5. The minimum absolute atomic E-state index is 0.429. The molecule has 2 rings (SSSR count). The Kier molecular flexibility index (Phi) is 4.76. The molecule has 0 aromatic carbocycles. The van der Waals surface area contributed by atoms with E-state index in [9.17, 15) is 4.21 Å². The van der Waals surface area contributed by atoms with Gasteiger partial charge in [0.25, 0.3) is 0 Å². The van der Waals surface area contributed by atoms with Crippen molar-refractivity contribution in [2.24, 2.45) is 0 Å². The van der Waals surface area contributed by atoms with E-state index in [4.69, 9.17) is 11.6 Å². The van der Waals surface area contributed by atoms with Gasteiger partial charge in [0.1, 0.15) is 0 Å². The van der Waals surface area contributed by atoms with E-state index >= 15 is 0 Å². The summed E-state index contributed by atoms with van der Waals surface area (Å²) in [6.07, 6.45) is 5.36. The van der Waals surface area contributed by atoms with Crippen molar-refractivity contribution < 1.29 is 4.21 Å². The highest BCUT2D eigenvalue weighted by molar-refractivity contribution is 7.84. The van der Waals surface area contributed by atoms with Crippen LogP contribution in [-0.2, 0) is 16.6 Å². The van der Waals surface area contributed by atoms with Crippen molar-refractivity contribution in [1.82, 2.24) is 10.3 Å². The van der Waals surface area contributed by atoms with Gasteiger partial charge in [0.2, 0.25) is 0 Å². The second kappa shape index (κ2) is 6.10. The molecule has 0 aliphatic carbocycles. The molecule has 0 saturated carbocycles.